The molecule has 1 atom stereocenters. The summed E-state index contributed by atoms with van der Waals surface area (Å²) >= 11 is 2.68. The van der Waals surface area contributed by atoms with Crippen molar-refractivity contribution in [2.24, 2.45) is 4.99 Å². The highest BCUT2D eigenvalue weighted by Crippen LogP contribution is 2.33. The Kier molecular flexibility index (Phi) is 5.29. The van der Waals surface area contributed by atoms with Gasteiger partial charge in [-0.05, 0) is 49.1 Å². The van der Waals surface area contributed by atoms with Crippen LogP contribution < -0.4 is 14.9 Å². The van der Waals surface area contributed by atoms with Crippen molar-refractivity contribution >= 4 is 34.7 Å². The lowest BCUT2D eigenvalue weighted by Gasteiger charge is -2.23. The maximum atomic E-state index is 13.5. The van der Waals surface area contributed by atoms with Crippen molar-refractivity contribution in [3.63, 3.8) is 0 Å². The predicted octanol–water partition coefficient (Wildman–Crippen LogP) is 3.00. The number of fused-ring (bicyclic) bond motifs is 1. The first-order valence-electron chi connectivity index (χ1n) is 8.98. The fourth-order valence-electron chi connectivity index (χ4n) is 3.26. The molecule has 0 spiro atoms. The van der Waals surface area contributed by atoms with Gasteiger partial charge in [0, 0.05) is 4.88 Å². The Morgan fingerprint density at radius 1 is 1.34 bits per heavy atom. The zero-order valence-electron chi connectivity index (χ0n) is 15.7. The fraction of sp³-hybridized carbons (Fsp3) is 0.190. The lowest BCUT2D eigenvalue weighted by Crippen LogP contribution is -2.39. The number of hydrogen-bond acceptors (Lipinski definition) is 6. The van der Waals surface area contributed by atoms with Gasteiger partial charge in [-0.2, -0.15) is 0 Å². The second kappa shape index (κ2) is 7.88. The molecule has 0 fully saturated rings. The van der Waals surface area contributed by atoms with Gasteiger partial charge in [0.1, 0.15) is 11.9 Å². The van der Waals surface area contributed by atoms with Crippen LogP contribution in [-0.2, 0) is 9.53 Å². The molecule has 4 rings (SSSR count). The van der Waals surface area contributed by atoms with Gasteiger partial charge in [-0.1, -0.05) is 29.5 Å². The van der Waals surface area contributed by atoms with Crippen LogP contribution in [0.3, 0.4) is 0 Å². The van der Waals surface area contributed by atoms with Gasteiger partial charge in [0.15, 0.2) is 4.80 Å². The minimum atomic E-state index is -0.597. The molecule has 8 heteroatoms. The van der Waals surface area contributed by atoms with E-state index in [2.05, 4.69) is 4.99 Å². The second-order valence-electron chi connectivity index (χ2n) is 6.37. The number of ether oxygens (including phenoxy) is 1. The number of benzene rings is 1. The summed E-state index contributed by atoms with van der Waals surface area (Å²) in [5.74, 6) is -0.852. The van der Waals surface area contributed by atoms with E-state index in [1.165, 1.54) is 39.4 Å². The number of halogens is 1. The summed E-state index contributed by atoms with van der Waals surface area (Å²) < 4.78 is 20.7. The van der Waals surface area contributed by atoms with Crippen LogP contribution in [0.1, 0.15) is 30.3 Å². The van der Waals surface area contributed by atoms with Crippen LogP contribution in [0.5, 0.6) is 0 Å². The highest BCUT2D eigenvalue weighted by Gasteiger charge is 2.33. The van der Waals surface area contributed by atoms with Crippen molar-refractivity contribution in [3.8, 4) is 0 Å². The minimum absolute atomic E-state index is 0.233. The van der Waals surface area contributed by atoms with Crippen LogP contribution in [0.4, 0.5) is 4.39 Å². The molecule has 0 N–H and O–H groups in total. The van der Waals surface area contributed by atoms with Crippen molar-refractivity contribution in [2.45, 2.75) is 19.9 Å². The zero-order valence-corrected chi connectivity index (χ0v) is 17.3. The Labute approximate surface area is 173 Å². The summed E-state index contributed by atoms with van der Waals surface area (Å²) in [6, 6.07) is 9.20. The first-order valence-corrected chi connectivity index (χ1v) is 10.7. The maximum Gasteiger partial charge on any atom is 0.338 e. The molecule has 3 heterocycles. The number of thiazole rings is 1. The van der Waals surface area contributed by atoms with E-state index in [0.717, 1.165) is 4.88 Å². The van der Waals surface area contributed by atoms with Crippen LogP contribution in [-0.4, -0.2) is 17.1 Å². The smallest absolute Gasteiger partial charge is 0.338 e. The van der Waals surface area contributed by atoms with Crippen molar-refractivity contribution in [3.05, 3.63) is 89.0 Å². The molecule has 0 saturated heterocycles. The SMILES string of the molecule is CCOC(=O)C1=C(C)N=c2s/c(=C/c3cccc(F)c3)c(=O)n2[C@H]1c1cccs1. The predicted molar refractivity (Wildman–Crippen MR) is 111 cm³/mol. The van der Waals surface area contributed by atoms with Crippen molar-refractivity contribution in [2.75, 3.05) is 6.61 Å². The zero-order chi connectivity index (χ0) is 20.5. The minimum Gasteiger partial charge on any atom is -0.463 e. The lowest BCUT2D eigenvalue weighted by molar-refractivity contribution is -0.139. The van der Waals surface area contributed by atoms with Gasteiger partial charge in [0.25, 0.3) is 5.56 Å². The molecule has 0 unspecified atom stereocenters. The van der Waals surface area contributed by atoms with Crippen LogP contribution in [0.2, 0.25) is 0 Å². The highest BCUT2D eigenvalue weighted by molar-refractivity contribution is 7.10. The third kappa shape index (κ3) is 3.61. The van der Waals surface area contributed by atoms with Gasteiger partial charge in [0.05, 0.1) is 22.4 Å². The summed E-state index contributed by atoms with van der Waals surface area (Å²) in [5, 5.41) is 1.90. The molecule has 5 nitrogen and oxygen atoms in total. The maximum absolute atomic E-state index is 13.5. The summed E-state index contributed by atoms with van der Waals surface area (Å²) in [4.78, 5) is 31.8. The van der Waals surface area contributed by atoms with E-state index < -0.39 is 12.0 Å². The Morgan fingerprint density at radius 3 is 2.86 bits per heavy atom. The molecule has 0 saturated carbocycles. The number of hydrogen-bond donors (Lipinski definition) is 0. The van der Waals surface area contributed by atoms with Gasteiger partial charge >= 0.3 is 5.97 Å². The Morgan fingerprint density at radius 2 is 2.17 bits per heavy atom. The third-order valence-corrected chi connectivity index (χ3v) is 6.38. The number of carbonyl (C=O) groups excluding carboxylic acids is 1. The Balaban J connectivity index is 1.94. The number of esters is 1. The average molecular weight is 429 g/mol. The van der Waals surface area contributed by atoms with Gasteiger partial charge in [0.2, 0.25) is 0 Å². The third-order valence-electron chi connectivity index (χ3n) is 4.48. The van der Waals surface area contributed by atoms with Gasteiger partial charge < -0.3 is 4.74 Å². The van der Waals surface area contributed by atoms with E-state index in [-0.39, 0.29) is 18.0 Å². The Bertz CT molecular complexity index is 1290. The molecule has 0 aliphatic carbocycles. The van der Waals surface area contributed by atoms with Crippen LogP contribution in [0, 0.1) is 5.82 Å². The summed E-state index contributed by atoms with van der Waals surface area (Å²) in [6.07, 6.45) is 1.64. The van der Waals surface area contributed by atoms with Crippen LogP contribution in [0.25, 0.3) is 6.08 Å². The van der Waals surface area contributed by atoms with Gasteiger partial charge in [-0.15, -0.1) is 11.3 Å². The number of carbonyl (C=O) groups is 1. The number of allylic oxidation sites excluding steroid dienone is 1. The molecular formula is C21H17FN2O3S2. The standard InChI is InChI=1S/C21H17FN2O3S2/c1-3-27-20(26)17-12(2)23-21-24(18(17)15-8-5-9-28-15)19(25)16(29-21)11-13-6-4-7-14(22)10-13/h4-11,18H,3H2,1-2H3/b16-11+/t18-/m0/s1. The second-order valence-corrected chi connectivity index (χ2v) is 8.36. The average Bonchev–Trinajstić information content (AvgIpc) is 3.30. The number of nitrogens with zero attached hydrogens (tertiary/aromatic N) is 2. The molecule has 0 amide bonds. The topological polar surface area (TPSA) is 60.7 Å². The molecule has 0 bridgehead atoms. The lowest BCUT2D eigenvalue weighted by atomic mass is 10.0. The van der Waals surface area contributed by atoms with E-state index in [4.69, 9.17) is 4.74 Å². The first kappa shape index (κ1) is 19.5. The number of thiophene rings is 1. The molecule has 148 valence electrons. The molecular weight excluding hydrogens is 411 g/mol. The van der Waals surface area contributed by atoms with Crippen molar-refractivity contribution in [1.29, 1.82) is 0 Å². The molecule has 29 heavy (non-hydrogen) atoms. The van der Waals surface area contributed by atoms with Crippen LogP contribution >= 0.6 is 22.7 Å². The Hall–Kier alpha value is -2.84. The quantitative estimate of drug-likeness (QED) is 0.601. The van der Waals surface area contributed by atoms with Crippen molar-refractivity contribution < 1.29 is 13.9 Å². The van der Waals surface area contributed by atoms with Gasteiger partial charge in [-0.25, -0.2) is 14.2 Å². The number of aromatic nitrogens is 1. The molecule has 0 radical (unpaired) electrons. The summed E-state index contributed by atoms with van der Waals surface area (Å²) in [7, 11) is 0. The molecule has 1 aliphatic rings. The monoisotopic (exact) mass is 428 g/mol. The van der Waals surface area contributed by atoms with E-state index in [1.807, 2.05) is 17.5 Å². The van der Waals surface area contributed by atoms with E-state index >= 15 is 0 Å². The fourth-order valence-corrected chi connectivity index (χ4v) is 5.13. The first-order chi connectivity index (χ1) is 14.0. The summed E-state index contributed by atoms with van der Waals surface area (Å²) in [5.41, 5.74) is 1.20. The van der Waals surface area contributed by atoms with E-state index in [1.54, 1.807) is 32.1 Å². The molecule has 2 aromatic heterocycles. The molecule has 3 aromatic rings. The van der Waals surface area contributed by atoms with E-state index in [9.17, 15) is 14.0 Å². The highest BCUT2D eigenvalue weighted by atomic mass is 32.1. The van der Waals surface area contributed by atoms with Crippen LogP contribution in [0.15, 0.2) is 62.8 Å². The largest absolute Gasteiger partial charge is 0.463 e. The molecule has 1 aliphatic heterocycles. The van der Waals surface area contributed by atoms with Gasteiger partial charge in [-0.3, -0.25) is 9.36 Å². The summed E-state index contributed by atoms with van der Waals surface area (Å²) in [6.45, 7) is 3.72. The van der Waals surface area contributed by atoms with Crippen molar-refractivity contribution in [1.82, 2.24) is 4.57 Å². The van der Waals surface area contributed by atoms with E-state index in [0.29, 0.717) is 26.2 Å². The molecule has 1 aromatic carbocycles. The number of rotatable bonds is 4. The normalized spacial score (nSPS) is 16.5.